The summed E-state index contributed by atoms with van der Waals surface area (Å²) in [5.41, 5.74) is 0.479. The van der Waals surface area contributed by atoms with Crippen molar-refractivity contribution in [2.24, 2.45) is 0 Å². The van der Waals surface area contributed by atoms with Crippen molar-refractivity contribution in [3.05, 3.63) is 0 Å². The third-order valence-corrected chi connectivity index (χ3v) is 2.67. The summed E-state index contributed by atoms with van der Waals surface area (Å²) in [5.74, 6) is -0.531. The summed E-state index contributed by atoms with van der Waals surface area (Å²) in [4.78, 5) is 24.2. The molecule has 1 amide bonds. The van der Waals surface area contributed by atoms with Crippen LogP contribution in [-0.2, 0) is 14.3 Å². The van der Waals surface area contributed by atoms with Gasteiger partial charge in [0.1, 0.15) is 17.2 Å². The second-order valence-corrected chi connectivity index (χ2v) is 7.65. The van der Waals surface area contributed by atoms with Crippen LogP contribution in [0.2, 0.25) is 0 Å². The molecule has 0 rings (SSSR count). The van der Waals surface area contributed by atoms with Gasteiger partial charge in [-0.15, -0.1) is 0 Å². The van der Waals surface area contributed by atoms with E-state index in [1.807, 2.05) is 0 Å². The molecule has 0 aromatic rings. The van der Waals surface area contributed by atoms with Crippen LogP contribution in [0.5, 0.6) is 0 Å². The van der Waals surface area contributed by atoms with Gasteiger partial charge in [0.15, 0.2) is 5.11 Å². The van der Waals surface area contributed by atoms with Crippen LogP contribution in [0.3, 0.4) is 0 Å². The Balaban J connectivity index is 4.68. The molecule has 0 bridgehead atoms. The van der Waals surface area contributed by atoms with Crippen LogP contribution in [0, 0.1) is 0 Å². The highest BCUT2D eigenvalue weighted by Gasteiger charge is 2.28. The molecule has 0 saturated heterocycles. The van der Waals surface area contributed by atoms with Gasteiger partial charge in [-0.05, 0) is 66.6 Å². The number of esters is 1. The van der Waals surface area contributed by atoms with Gasteiger partial charge >= 0.3 is 12.1 Å². The van der Waals surface area contributed by atoms with Crippen LogP contribution >= 0.6 is 12.2 Å². The first-order chi connectivity index (χ1) is 10.8. The molecule has 0 radical (unpaired) electrons. The van der Waals surface area contributed by atoms with Gasteiger partial charge in [-0.3, -0.25) is 5.21 Å². The molecule has 0 aliphatic rings. The minimum absolute atomic E-state index is 0.0870. The molecule has 0 aliphatic heterocycles. The SMILES string of the molecule is CC(C)(C)OC(=O)N[C@@H](CCCNC(=S)NO)C(=O)OC(C)(C)C. The van der Waals surface area contributed by atoms with E-state index >= 15 is 0 Å². The van der Waals surface area contributed by atoms with Crippen LogP contribution in [-0.4, -0.2) is 46.2 Å². The van der Waals surface area contributed by atoms with E-state index in [4.69, 9.17) is 26.9 Å². The Bertz CT molecular complexity index is 443. The topological polar surface area (TPSA) is 109 Å². The standard InChI is InChI=1S/C15H29N3O5S/c1-14(2,3)22-11(19)10(8-7-9-16-12(24)18-21)17-13(20)23-15(4,5)6/h10,21H,7-9H2,1-6H3,(H,17,20)(H2,16,18,24)/t10-/m0/s1. The summed E-state index contributed by atoms with van der Waals surface area (Å²) in [6.07, 6.45) is 0.162. The lowest BCUT2D eigenvalue weighted by Gasteiger charge is -2.26. The molecule has 0 aliphatic carbocycles. The molecule has 0 unspecified atom stereocenters. The molecular formula is C15H29N3O5S. The quantitative estimate of drug-likeness (QED) is 0.245. The molecule has 0 saturated carbocycles. The Morgan fingerprint density at radius 3 is 2.08 bits per heavy atom. The van der Waals surface area contributed by atoms with Gasteiger partial charge in [0.2, 0.25) is 0 Å². The lowest BCUT2D eigenvalue weighted by molar-refractivity contribution is -0.157. The molecule has 0 spiro atoms. The molecule has 0 aromatic heterocycles. The van der Waals surface area contributed by atoms with Crippen molar-refractivity contribution < 1.29 is 24.3 Å². The lowest BCUT2D eigenvalue weighted by atomic mass is 10.1. The highest BCUT2D eigenvalue weighted by molar-refractivity contribution is 7.80. The molecule has 8 nitrogen and oxygen atoms in total. The molecule has 140 valence electrons. The number of ether oxygens (including phenoxy) is 2. The van der Waals surface area contributed by atoms with Crippen molar-refractivity contribution in [1.29, 1.82) is 0 Å². The number of hydrogen-bond donors (Lipinski definition) is 4. The first-order valence-corrected chi connectivity index (χ1v) is 8.15. The first kappa shape index (κ1) is 22.4. The van der Waals surface area contributed by atoms with Crippen LogP contribution in [0.4, 0.5) is 4.79 Å². The van der Waals surface area contributed by atoms with Crippen LogP contribution in [0.1, 0.15) is 54.4 Å². The maximum atomic E-state index is 12.3. The Morgan fingerprint density at radius 1 is 1.08 bits per heavy atom. The summed E-state index contributed by atoms with van der Waals surface area (Å²) in [6.45, 7) is 10.9. The molecule has 4 N–H and O–H groups in total. The van der Waals surface area contributed by atoms with E-state index in [9.17, 15) is 9.59 Å². The summed E-state index contributed by atoms with van der Waals surface area (Å²) in [7, 11) is 0. The Morgan fingerprint density at radius 2 is 1.62 bits per heavy atom. The average Bonchev–Trinajstić information content (AvgIpc) is 2.37. The van der Waals surface area contributed by atoms with E-state index in [0.717, 1.165) is 0 Å². The van der Waals surface area contributed by atoms with Gasteiger partial charge < -0.3 is 20.1 Å². The number of carbonyl (C=O) groups excluding carboxylic acids is 2. The second kappa shape index (κ2) is 9.63. The number of thiocarbonyl (C=S) groups is 1. The third-order valence-electron chi connectivity index (χ3n) is 2.44. The molecule has 1 atom stereocenters. The molecular weight excluding hydrogens is 334 g/mol. The summed E-state index contributed by atoms with van der Waals surface area (Å²) < 4.78 is 10.5. The Labute approximate surface area is 148 Å². The van der Waals surface area contributed by atoms with Crippen molar-refractivity contribution in [2.45, 2.75) is 71.6 Å². The normalized spacial score (nSPS) is 12.8. The summed E-state index contributed by atoms with van der Waals surface area (Å²) in [5, 5.41) is 13.9. The van der Waals surface area contributed by atoms with E-state index in [0.29, 0.717) is 19.4 Å². The number of hydroxylamine groups is 1. The first-order valence-electron chi connectivity index (χ1n) is 7.74. The largest absolute Gasteiger partial charge is 0.458 e. The van der Waals surface area contributed by atoms with Gasteiger partial charge in [-0.2, -0.15) is 0 Å². The number of carbonyl (C=O) groups is 2. The minimum Gasteiger partial charge on any atom is -0.458 e. The zero-order valence-electron chi connectivity index (χ0n) is 15.2. The van der Waals surface area contributed by atoms with E-state index in [-0.39, 0.29) is 5.11 Å². The monoisotopic (exact) mass is 363 g/mol. The predicted molar refractivity (Wildman–Crippen MR) is 93.8 cm³/mol. The molecule has 0 aromatic carbocycles. The summed E-state index contributed by atoms with van der Waals surface area (Å²) in [6, 6.07) is -0.837. The van der Waals surface area contributed by atoms with E-state index in [1.165, 1.54) is 0 Å². The van der Waals surface area contributed by atoms with Crippen LogP contribution in [0.15, 0.2) is 0 Å². The Hall–Kier alpha value is -1.61. The van der Waals surface area contributed by atoms with Gasteiger partial charge in [0.05, 0.1) is 0 Å². The Kier molecular flexibility index (Phi) is 8.98. The van der Waals surface area contributed by atoms with Crippen molar-refractivity contribution in [1.82, 2.24) is 16.1 Å². The number of nitrogens with one attached hydrogen (secondary N) is 3. The molecule has 0 heterocycles. The third kappa shape index (κ3) is 11.9. The lowest BCUT2D eigenvalue weighted by Crippen LogP contribution is -2.46. The second-order valence-electron chi connectivity index (χ2n) is 7.24. The van der Waals surface area contributed by atoms with Crippen molar-refractivity contribution in [3.8, 4) is 0 Å². The smallest absolute Gasteiger partial charge is 0.408 e. The maximum absolute atomic E-state index is 12.3. The molecule has 0 fully saturated rings. The van der Waals surface area contributed by atoms with E-state index < -0.39 is 29.3 Å². The van der Waals surface area contributed by atoms with Crippen LogP contribution in [0.25, 0.3) is 0 Å². The fourth-order valence-electron chi connectivity index (χ4n) is 1.62. The average molecular weight is 363 g/mol. The number of amides is 1. The van der Waals surface area contributed by atoms with E-state index in [1.54, 1.807) is 47.0 Å². The fourth-order valence-corrected chi connectivity index (χ4v) is 1.72. The maximum Gasteiger partial charge on any atom is 0.408 e. The minimum atomic E-state index is -0.837. The van der Waals surface area contributed by atoms with E-state index in [2.05, 4.69) is 10.6 Å². The van der Waals surface area contributed by atoms with Gasteiger partial charge in [-0.25, -0.2) is 15.1 Å². The van der Waals surface area contributed by atoms with Crippen molar-refractivity contribution in [3.63, 3.8) is 0 Å². The van der Waals surface area contributed by atoms with Gasteiger partial charge in [0, 0.05) is 6.54 Å². The van der Waals surface area contributed by atoms with Crippen molar-refractivity contribution >= 4 is 29.4 Å². The van der Waals surface area contributed by atoms with Gasteiger partial charge in [-0.1, -0.05) is 0 Å². The summed E-state index contributed by atoms with van der Waals surface area (Å²) >= 11 is 4.73. The number of rotatable bonds is 6. The van der Waals surface area contributed by atoms with Crippen molar-refractivity contribution in [2.75, 3.05) is 6.54 Å². The molecule has 24 heavy (non-hydrogen) atoms. The highest BCUT2D eigenvalue weighted by atomic mass is 32.1. The predicted octanol–water partition coefficient (Wildman–Crippen LogP) is 1.85. The van der Waals surface area contributed by atoms with Crippen LogP contribution < -0.4 is 16.1 Å². The molecule has 9 heteroatoms. The highest BCUT2D eigenvalue weighted by Crippen LogP contribution is 2.12. The number of alkyl carbamates (subject to hydrolysis) is 1. The van der Waals surface area contributed by atoms with Gasteiger partial charge in [0.25, 0.3) is 0 Å². The zero-order valence-corrected chi connectivity index (χ0v) is 16.0. The zero-order chi connectivity index (χ0) is 19.0. The number of hydrogen-bond acceptors (Lipinski definition) is 6. The fraction of sp³-hybridized carbons (Fsp3) is 0.800.